The Morgan fingerprint density at radius 1 is 1.67 bits per heavy atom. The van der Waals surface area contributed by atoms with Crippen molar-refractivity contribution in [1.29, 1.82) is 0 Å². The maximum absolute atomic E-state index is 13.2. The number of hydrogen-bond acceptors (Lipinski definition) is 1. The SMILES string of the molecule is CC(C)CC1CN(C)CC=C1F. The molecule has 0 aromatic carbocycles. The largest absolute Gasteiger partial charge is 0.302 e. The Bertz CT molecular complexity index is 175. The highest BCUT2D eigenvalue weighted by atomic mass is 19.1. The third kappa shape index (κ3) is 2.59. The van der Waals surface area contributed by atoms with E-state index in [4.69, 9.17) is 0 Å². The van der Waals surface area contributed by atoms with Gasteiger partial charge in [-0.2, -0.15) is 0 Å². The zero-order valence-electron chi connectivity index (χ0n) is 8.18. The summed E-state index contributed by atoms with van der Waals surface area (Å²) >= 11 is 0. The van der Waals surface area contributed by atoms with Crippen molar-refractivity contribution in [2.75, 3.05) is 20.1 Å². The summed E-state index contributed by atoms with van der Waals surface area (Å²) in [4.78, 5) is 2.16. The molecular weight excluding hydrogens is 153 g/mol. The fourth-order valence-electron chi connectivity index (χ4n) is 1.70. The van der Waals surface area contributed by atoms with Crippen molar-refractivity contribution in [2.45, 2.75) is 20.3 Å². The van der Waals surface area contributed by atoms with Gasteiger partial charge >= 0.3 is 0 Å². The Kier molecular flexibility index (Phi) is 3.27. The normalized spacial score (nSPS) is 26.1. The lowest BCUT2D eigenvalue weighted by Gasteiger charge is -2.27. The topological polar surface area (TPSA) is 3.24 Å². The van der Waals surface area contributed by atoms with Crippen LogP contribution in [-0.4, -0.2) is 25.0 Å². The van der Waals surface area contributed by atoms with E-state index in [9.17, 15) is 4.39 Å². The number of likely N-dealkylation sites (N-methyl/N-ethyl adjacent to an activating group) is 1. The molecule has 0 radical (unpaired) electrons. The molecule has 1 rings (SSSR count). The highest BCUT2D eigenvalue weighted by Crippen LogP contribution is 2.24. The van der Waals surface area contributed by atoms with E-state index in [1.54, 1.807) is 6.08 Å². The second-order valence-corrected chi connectivity index (χ2v) is 4.14. The first-order chi connectivity index (χ1) is 5.59. The summed E-state index contributed by atoms with van der Waals surface area (Å²) in [6, 6.07) is 0. The first-order valence-electron chi connectivity index (χ1n) is 4.63. The highest BCUT2D eigenvalue weighted by molar-refractivity contribution is 5.04. The minimum atomic E-state index is 0.0989. The smallest absolute Gasteiger partial charge is 0.102 e. The molecule has 0 fully saturated rings. The fourth-order valence-corrected chi connectivity index (χ4v) is 1.70. The molecule has 0 aromatic rings. The maximum Gasteiger partial charge on any atom is 0.102 e. The first kappa shape index (κ1) is 9.72. The van der Waals surface area contributed by atoms with Crippen molar-refractivity contribution in [1.82, 2.24) is 4.90 Å². The second kappa shape index (κ2) is 4.04. The molecule has 12 heavy (non-hydrogen) atoms. The molecule has 0 saturated carbocycles. The monoisotopic (exact) mass is 171 g/mol. The van der Waals surface area contributed by atoms with Gasteiger partial charge in [-0.15, -0.1) is 0 Å². The molecule has 70 valence electrons. The average Bonchev–Trinajstić information content (AvgIpc) is 1.96. The van der Waals surface area contributed by atoms with Gasteiger partial charge in [0.25, 0.3) is 0 Å². The number of halogens is 1. The van der Waals surface area contributed by atoms with Crippen molar-refractivity contribution in [3.05, 3.63) is 11.9 Å². The second-order valence-electron chi connectivity index (χ2n) is 4.14. The third-order valence-corrected chi connectivity index (χ3v) is 2.28. The average molecular weight is 171 g/mol. The van der Waals surface area contributed by atoms with Crippen LogP contribution in [0.25, 0.3) is 0 Å². The molecule has 0 N–H and O–H groups in total. The van der Waals surface area contributed by atoms with Crippen LogP contribution in [0.4, 0.5) is 4.39 Å². The van der Waals surface area contributed by atoms with E-state index in [0.717, 1.165) is 19.5 Å². The van der Waals surface area contributed by atoms with Crippen molar-refractivity contribution >= 4 is 0 Å². The molecule has 1 aliphatic heterocycles. The van der Waals surface area contributed by atoms with E-state index in [0.29, 0.717) is 5.92 Å². The lowest BCUT2D eigenvalue weighted by Crippen LogP contribution is -2.31. The molecule has 0 spiro atoms. The van der Waals surface area contributed by atoms with Crippen LogP contribution >= 0.6 is 0 Å². The van der Waals surface area contributed by atoms with Crippen molar-refractivity contribution < 1.29 is 4.39 Å². The Hall–Kier alpha value is -0.370. The summed E-state index contributed by atoms with van der Waals surface area (Å²) in [5.74, 6) is 0.825. The van der Waals surface area contributed by atoms with Gasteiger partial charge in [0, 0.05) is 19.0 Å². The molecule has 0 bridgehead atoms. The fraction of sp³-hybridized carbons (Fsp3) is 0.800. The van der Waals surface area contributed by atoms with Gasteiger partial charge in [0.1, 0.15) is 5.83 Å². The standard InChI is InChI=1S/C10H18FN/c1-8(2)6-9-7-12(3)5-4-10(9)11/h4,8-9H,5-7H2,1-3H3. The van der Waals surface area contributed by atoms with Gasteiger partial charge in [-0.25, -0.2) is 4.39 Å². The lowest BCUT2D eigenvalue weighted by molar-refractivity contribution is 0.247. The number of rotatable bonds is 2. The van der Waals surface area contributed by atoms with Crippen LogP contribution in [0.5, 0.6) is 0 Å². The molecule has 1 nitrogen and oxygen atoms in total. The maximum atomic E-state index is 13.2. The zero-order chi connectivity index (χ0) is 9.14. The van der Waals surface area contributed by atoms with Gasteiger partial charge < -0.3 is 4.90 Å². The van der Waals surface area contributed by atoms with E-state index in [2.05, 4.69) is 18.7 Å². The van der Waals surface area contributed by atoms with E-state index < -0.39 is 0 Å². The van der Waals surface area contributed by atoms with Crippen LogP contribution in [0.1, 0.15) is 20.3 Å². The van der Waals surface area contributed by atoms with Crippen molar-refractivity contribution in [2.24, 2.45) is 11.8 Å². The van der Waals surface area contributed by atoms with Crippen LogP contribution in [0.3, 0.4) is 0 Å². The number of nitrogens with zero attached hydrogens (tertiary/aromatic N) is 1. The van der Waals surface area contributed by atoms with Crippen molar-refractivity contribution in [3.8, 4) is 0 Å². The van der Waals surface area contributed by atoms with Gasteiger partial charge in [0.05, 0.1) is 0 Å². The molecule has 1 unspecified atom stereocenters. The summed E-state index contributed by atoms with van der Waals surface area (Å²) in [5.41, 5.74) is 0. The first-order valence-corrected chi connectivity index (χ1v) is 4.63. The van der Waals surface area contributed by atoms with Gasteiger partial charge in [0.2, 0.25) is 0 Å². The molecule has 0 aliphatic carbocycles. The van der Waals surface area contributed by atoms with Gasteiger partial charge in [-0.05, 0) is 25.5 Å². The number of hydrogen-bond donors (Lipinski definition) is 0. The Labute approximate surface area is 74.3 Å². The summed E-state index contributed by atoms with van der Waals surface area (Å²) in [6.07, 6.45) is 2.67. The van der Waals surface area contributed by atoms with Crippen LogP contribution in [0, 0.1) is 11.8 Å². The van der Waals surface area contributed by atoms with Crippen LogP contribution in [-0.2, 0) is 0 Å². The van der Waals surface area contributed by atoms with E-state index >= 15 is 0 Å². The quantitative estimate of drug-likeness (QED) is 0.617. The van der Waals surface area contributed by atoms with Gasteiger partial charge in [0.15, 0.2) is 0 Å². The van der Waals surface area contributed by atoms with E-state index in [1.807, 2.05) is 7.05 Å². The summed E-state index contributed by atoms with van der Waals surface area (Å²) < 4.78 is 13.2. The predicted octanol–water partition coefficient (Wildman–Crippen LogP) is 2.45. The summed E-state index contributed by atoms with van der Waals surface area (Å²) in [7, 11) is 2.04. The van der Waals surface area contributed by atoms with Gasteiger partial charge in [-0.1, -0.05) is 13.8 Å². The Balaban J connectivity index is 2.51. The van der Waals surface area contributed by atoms with Crippen LogP contribution in [0.15, 0.2) is 11.9 Å². The predicted molar refractivity (Wildman–Crippen MR) is 49.6 cm³/mol. The zero-order valence-corrected chi connectivity index (χ0v) is 8.18. The van der Waals surface area contributed by atoms with Crippen LogP contribution < -0.4 is 0 Å². The molecule has 1 aliphatic rings. The molecule has 2 heteroatoms. The lowest BCUT2D eigenvalue weighted by atomic mass is 9.93. The molecular formula is C10H18FN. The minimum absolute atomic E-state index is 0.0989. The summed E-state index contributed by atoms with van der Waals surface area (Å²) in [6.45, 7) is 5.92. The third-order valence-electron chi connectivity index (χ3n) is 2.28. The van der Waals surface area contributed by atoms with Crippen molar-refractivity contribution in [3.63, 3.8) is 0 Å². The summed E-state index contributed by atoms with van der Waals surface area (Å²) in [5, 5.41) is 0. The molecule has 0 saturated heterocycles. The molecule has 0 amide bonds. The Morgan fingerprint density at radius 2 is 2.33 bits per heavy atom. The molecule has 1 heterocycles. The van der Waals surface area contributed by atoms with E-state index in [1.165, 1.54) is 0 Å². The van der Waals surface area contributed by atoms with Crippen LogP contribution in [0.2, 0.25) is 0 Å². The minimum Gasteiger partial charge on any atom is -0.302 e. The highest BCUT2D eigenvalue weighted by Gasteiger charge is 2.21. The van der Waals surface area contributed by atoms with E-state index in [-0.39, 0.29) is 11.7 Å². The molecule has 1 atom stereocenters. The van der Waals surface area contributed by atoms with Gasteiger partial charge in [-0.3, -0.25) is 0 Å². The Morgan fingerprint density at radius 3 is 2.92 bits per heavy atom. The molecule has 0 aromatic heterocycles.